The van der Waals surface area contributed by atoms with Crippen LogP contribution in [-0.2, 0) is 21.5 Å². The molecule has 3 aromatic rings. The maximum Gasteiger partial charge on any atom is 0.259 e. The van der Waals surface area contributed by atoms with Crippen LogP contribution in [-0.4, -0.2) is 46.7 Å². The SMILES string of the molecule is CC1(c2ccc3c4c(ccnc24)N(C2CCC(=O)NC2=O)C3=O)CN(Cc2ccccc2)C1. The van der Waals surface area contributed by atoms with E-state index in [1.165, 1.54) is 5.56 Å². The third-order valence-corrected chi connectivity index (χ3v) is 7.15. The summed E-state index contributed by atoms with van der Waals surface area (Å²) in [5.74, 6) is -0.908. The monoisotopic (exact) mass is 440 g/mol. The summed E-state index contributed by atoms with van der Waals surface area (Å²) >= 11 is 0. The smallest absolute Gasteiger partial charge is 0.259 e. The van der Waals surface area contributed by atoms with E-state index in [2.05, 4.69) is 41.4 Å². The average molecular weight is 441 g/mol. The molecular weight excluding hydrogens is 416 g/mol. The summed E-state index contributed by atoms with van der Waals surface area (Å²) in [5, 5.41) is 3.18. The highest BCUT2D eigenvalue weighted by molar-refractivity contribution is 6.27. The molecule has 7 heteroatoms. The number of carbonyl (C=O) groups is 3. The summed E-state index contributed by atoms with van der Waals surface area (Å²) in [5.41, 5.74) is 4.47. The molecule has 1 aromatic heterocycles. The molecule has 166 valence electrons. The molecule has 2 saturated heterocycles. The lowest BCUT2D eigenvalue weighted by molar-refractivity contribution is -0.134. The zero-order valence-corrected chi connectivity index (χ0v) is 18.4. The number of nitrogens with one attached hydrogen (secondary N) is 1. The molecule has 0 bridgehead atoms. The molecule has 0 aliphatic carbocycles. The summed E-state index contributed by atoms with van der Waals surface area (Å²) in [6.07, 6.45) is 2.27. The lowest BCUT2D eigenvalue weighted by atomic mass is 9.74. The molecule has 1 unspecified atom stereocenters. The number of likely N-dealkylation sites (tertiary alicyclic amines) is 1. The van der Waals surface area contributed by atoms with E-state index >= 15 is 0 Å². The Labute approximate surface area is 191 Å². The average Bonchev–Trinajstić information content (AvgIpc) is 3.07. The number of carbonyl (C=O) groups excluding carboxylic acids is 3. The molecule has 1 N–H and O–H groups in total. The number of nitrogens with zero attached hydrogens (tertiary/aromatic N) is 3. The molecule has 4 heterocycles. The minimum atomic E-state index is -0.683. The van der Waals surface area contributed by atoms with Gasteiger partial charge in [0.05, 0.1) is 16.8 Å². The van der Waals surface area contributed by atoms with E-state index in [0.717, 1.165) is 36.1 Å². The quantitative estimate of drug-likeness (QED) is 0.631. The number of hydrogen-bond acceptors (Lipinski definition) is 5. The van der Waals surface area contributed by atoms with Gasteiger partial charge in [-0.25, -0.2) is 0 Å². The van der Waals surface area contributed by atoms with Crippen LogP contribution >= 0.6 is 0 Å². The third-order valence-electron chi connectivity index (χ3n) is 7.15. The summed E-state index contributed by atoms with van der Waals surface area (Å²) in [7, 11) is 0. The first-order chi connectivity index (χ1) is 15.9. The zero-order chi connectivity index (χ0) is 22.7. The molecule has 7 nitrogen and oxygen atoms in total. The molecular formula is C26H24N4O3. The summed E-state index contributed by atoms with van der Waals surface area (Å²) in [6.45, 7) is 4.97. The van der Waals surface area contributed by atoms with Gasteiger partial charge in [-0.1, -0.05) is 43.3 Å². The third kappa shape index (κ3) is 3.07. The van der Waals surface area contributed by atoms with E-state index in [1.807, 2.05) is 18.2 Å². The van der Waals surface area contributed by atoms with E-state index in [-0.39, 0.29) is 23.7 Å². The van der Waals surface area contributed by atoms with Crippen molar-refractivity contribution < 1.29 is 14.4 Å². The van der Waals surface area contributed by atoms with E-state index in [1.54, 1.807) is 17.2 Å². The van der Waals surface area contributed by atoms with Crippen molar-refractivity contribution in [3.8, 4) is 0 Å². The molecule has 2 fully saturated rings. The maximum atomic E-state index is 13.3. The molecule has 1 atom stereocenters. The number of benzene rings is 2. The minimum Gasteiger partial charge on any atom is -0.297 e. The Morgan fingerprint density at radius 3 is 2.61 bits per heavy atom. The molecule has 0 saturated carbocycles. The second-order valence-electron chi connectivity index (χ2n) is 9.55. The van der Waals surface area contributed by atoms with Gasteiger partial charge in [-0.05, 0) is 29.7 Å². The van der Waals surface area contributed by atoms with Crippen LogP contribution in [0.2, 0.25) is 0 Å². The van der Waals surface area contributed by atoms with Gasteiger partial charge >= 0.3 is 0 Å². The minimum absolute atomic E-state index is 0.0654. The predicted molar refractivity (Wildman–Crippen MR) is 124 cm³/mol. The number of rotatable bonds is 4. The number of amides is 3. The van der Waals surface area contributed by atoms with Crippen LogP contribution in [0.4, 0.5) is 5.69 Å². The number of piperidine rings is 1. The van der Waals surface area contributed by atoms with Crippen molar-refractivity contribution in [3.05, 3.63) is 71.4 Å². The van der Waals surface area contributed by atoms with Crippen LogP contribution in [0.3, 0.4) is 0 Å². The number of pyridine rings is 1. The first kappa shape index (κ1) is 20.1. The highest BCUT2D eigenvalue weighted by Crippen LogP contribution is 2.44. The molecule has 33 heavy (non-hydrogen) atoms. The molecule has 0 spiro atoms. The lowest BCUT2D eigenvalue weighted by Crippen LogP contribution is -2.57. The number of aromatic nitrogens is 1. The summed E-state index contributed by atoms with van der Waals surface area (Å²) in [6, 6.07) is 15.5. The zero-order valence-electron chi connectivity index (χ0n) is 18.4. The van der Waals surface area contributed by atoms with Crippen molar-refractivity contribution in [1.29, 1.82) is 0 Å². The predicted octanol–water partition coefficient (Wildman–Crippen LogP) is 2.77. The Morgan fingerprint density at radius 1 is 1.06 bits per heavy atom. The second-order valence-corrected chi connectivity index (χ2v) is 9.55. The number of anilines is 1. The van der Waals surface area contributed by atoms with E-state index < -0.39 is 11.9 Å². The van der Waals surface area contributed by atoms with Gasteiger partial charge in [-0.15, -0.1) is 0 Å². The number of hydrogen-bond donors (Lipinski definition) is 1. The van der Waals surface area contributed by atoms with Crippen molar-refractivity contribution in [1.82, 2.24) is 15.2 Å². The van der Waals surface area contributed by atoms with Crippen molar-refractivity contribution in [2.45, 2.75) is 37.8 Å². The fourth-order valence-electron chi connectivity index (χ4n) is 5.66. The van der Waals surface area contributed by atoms with Gasteiger partial charge in [0.25, 0.3) is 5.91 Å². The van der Waals surface area contributed by atoms with Gasteiger partial charge in [0, 0.05) is 43.1 Å². The highest BCUT2D eigenvalue weighted by atomic mass is 16.2. The lowest BCUT2D eigenvalue weighted by Gasteiger charge is -2.49. The van der Waals surface area contributed by atoms with Crippen LogP contribution < -0.4 is 10.2 Å². The van der Waals surface area contributed by atoms with Crippen LogP contribution in [0.1, 0.15) is 41.3 Å². The van der Waals surface area contributed by atoms with Crippen molar-refractivity contribution in [3.63, 3.8) is 0 Å². The molecule has 2 aromatic carbocycles. The van der Waals surface area contributed by atoms with Gasteiger partial charge in [0.15, 0.2) is 0 Å². The highest BCUT2D eigenvalue weighted by Gasteiger charge is 2.45. The Kier molecular flexibility index (Phi) is 4.39. The van der Waals surface area contributed by atoms with Crippen LogP contribution in [0, 0.1) is 0 Å². The fraction of sp³-hybridized carbons (Fsp3) is 0.308. The van der Waals surface area contributed by atoms with E-state index in [4.69, 9.17) is 4.98 Å². The summed E-state index contributed by atoms with van der Waals surface area (Å²) in [4.78, 5) is 46.1. The topological polar surface area (TPSA) is 82.6 Å². The van der Waals surface area contributed by atoms with Crippen molar-refractivity contribution in [2.24, 2.45) is 0 Å². The normalized spacial score (nSPS) is 21.9. The van der Waals surface area contributed by atoms with E-state index in [0.29, 0.717) is 17.7 Å². The van der Waals surface area contributed by atoms with Gasteiger partial charge in [-0.2, -0.15) is 0 Å². The van der Waals surface area contributed by atoms with E-state index in [9.17, 15) is 14.4 Å². The van der Waals surface area contributed by atoms with Crippen LogP contribution in [0.15, 0.2) is 54.7 Å². The fourth-order valence-corrected chi connectivity index (χ4v) is 5.66. The van der Waals surface area contributed by atoms with Gasteiger partial charge in [-0.3, -0.25) is 34.5 Å². The van der Waals surface area contributed by atoms with Gasteiger partial charge in [0.2, 0.25) is 11.8 Å². The largest absolute Gasteiger partial charge is 0.297 e. The Hall–Kier alpha value is -3.58. The van der Waals surface area contributed by atoms with Crippen molar-refractivity contribution in [2.75, 3.05) is 18.0 Å². The first-order valence-electron chi connectivity index (χ1n) is 11.3. The molecule has 3 aliphatic heterocycles. The molecule has 3 aliphatic rings. The number of imide groups is 1. The Balaban J connectivity index is 1.34. The van der Waals surface area contributed by atoms with Gasteiger partial charge in [0.1, 0.15) is 6.04 Å². The Bertz CT molecular complexity index is 1310. The molecule has 6 rings (SSSR count). The van der Waals surface area contributed by atoms with Crippen LogP contribution in [0.5, 0.6) is 0 Å². The second kappa shape index (κ2) is 7.22. The molecule has 0 radical (unpaired) electrons. The summed E-state index contributed by atoms with van der Waals surface area (Å²) < 4.78 is 0. The standard InChI is InChI=1S/C26H24N4O3/c1-26(14-29(15-26)13-16-5-3-2-4-6-16)18-8-7-17-22-19(11-12-27-23(18)22)30(25(17)33)20-9-10-21(31)28-24(20)32/h2-8,11-12,20H,9-10,13-15H2,1H3,(H,28,31,32). The van der Waals surface area contributed by atoms with Crippen molar-refractivity contribution >= 4 is 34.3 Å². The van der Waals surface area contributed by atoms with Gasteiger partial charge < -0.3 is 0 Å². The maximum absolute atomic E-state index is 13.3. The Morgan fingerprint density at radius 2 is 1.85 bits per heavy atom. The first-order valence-corrected chi connectivity index (χ1v) is 11.3. The van der Waals surface area contributed by atoms with Crippen LogP contribution in [0.25, 0.3) is 10.9 Å². The molecule has 3 amide bonds.